The lowest BCUT2D eigenvalue weighted by Gasteiger charge is -2.21. The second kappa shape index (κ2) is 9.52. The molecule has 1 heterocycles. The summed E-state index contributed by atoms with van der Waals surface area (Å²) in [6, 6.07) is 12.8. The van der Waals surface area contributed by atoms with Gasteiger partial charge in [-0.3, -0.25) is 9.59 Å². The molecule has 7 heteroatoms. The summed E-state index contributed by atoms with van der Waals surface area (Å²) in [5.74, 6) is -1.20. The standard InChI is InChI=1S/C23H25FN2O4/c1-16(22(28)25(2)14-18-5-3-6-20(24)13-18)30-23(29)19-10-8-17(9-11-19)15-26-12-4-7-21(26)27/h3,5-6,8-11,13,16H,4,7,12,14-15H2,1-2H3. The van der Waals surface area contributed by atoms with E-state index in [2.05, 4.69) is 0 Å². The molecule has 1 aliphatic rings. The van der Waals surface area contributed by atoms with Crippen LogP contribution in [0.15, 0.2) is 48.5 Å². The largest absolute Gasteiger partial charge is 0.449 e. The summed E-state index contributed by atoms with van der Waals surface area (Å²) >= 11 is 0. The molecular formula is C23H25FN2O4. The van der Waals surface area contributed by atoms with Crippen LogP contribution in [0.3, 0.4) is 0 Å². The normalized spacial score (nSPS) is 14.5. The molecule has 0 aliphatic carbocycles. The fourth-order valence-electron chi connectivity index (χ4n) is 3.41. The number of nitrogens with zero attached hydrogens (tertiary/aromatic N) is 2. The maximum absolute atomic E-state index is 13.3. The summed E-state index contributed by atoms with van der Waals surface area (Å²) in [7, 11) is 1.58. The molecule has 2 amide bonds. The van der Waals surface area contributed by atoms with E-state index in [9.17, 15) is 18.8 Å². The van der Waals surface area contributed by atoms with Crippen molar-refractivity contribution >= 4 is 17.8 Å². The number of ether oxygens (including phenoxy) is 1. The Kier molecular flexibility index (Phi) is 6.82. The zero-order valence-corrected chi connectivity index (χ0v) is 17.1. The van der Waals surface area contributed by atoms with Crippen LogP contribution in [0.2, 0.25) is 0 Å². The van der Waals surface area contributed by atoms with Crippen LogP contribution in [0, 0.1) is 5.82 Å². The third kappa shape index (κ3) is 5.43. The van der Waals surface area contributed by atoms with Gasteiger partial charge < -0.3 is 14.5 Å². The van der Waals surface area contributed by atoms with Gasteiger partial charge in [-0.1, -0.05) is 24.3 Å². The van der Waals surface area contributed by atoms with Crippen LogP contribution in [0.25, 0.3) is 0 Å². The van der Waals surface area contributed by atoms with Crippen LogP contribution in [-0.4, -0.2) is 47.3 Å². The van der Waals surface area contributed by atoms with Gasteiger partial charge in [-0.2, -0.15) is 0 Å². The maximum Gasteiger partial charge on any atom is 0.338 e. The molecule has 1 aliphatic heterocycles. The molecule has 1 unspecified atom stereocenters. The number of likely N-dealkylation sites (tertiary alicyclic amines) is 1. The summed E-state index contributed by atoms with van der Waals surface area (Å²) in [6.07, 6.45) is 0.491. The number of hydrogen-bond acceptors (Lipinski definition) is 4. The number of halogens is 1. The summed E-state index contributed by atoms with van der Waals surface area (Å²) < 4.78 is 18.6. The second-order valence-electron chi connectivity index (χ2n) is 7.49. The molecule has 0 N–H and O–H groups in total. The average Bonchev–Trinajstić information content (AvgIpc) is 3.12. The fourth-order valence-corrected chi connectivity index (χ4v) is 3.41. The lowest BCUT2D eigenvalue weighted by molar-refractivity contribution is -0.139. The van der Waals surface area contributed by atoms with E-state index in [0.29, 0.717) is 24.1 Å². The van der Waals surface area contributed by atoms with Crippen molar-refractivity contribution in [1.29, 1.82) is 0 Å². The molecule has 3 rings (SSSR count). The molecule has 0 radical (unpaired) electrons. The fraction of sp³-hybridized carbons (Fsp3) is 0.348. The molecule has 0 aromatic heterocycles. The van der Waals surface area contributed by atoms with Gasteiger partial charge in [-0.05, 0) is 48.7 Å². The first-order valence-electron chi connectivity index (χ1n) is 9.90. The first kappa shape index (κ1) is 21.5. The van der Waals surface area contributed by atoms with Gasteiger partial charge in [0.25, 0.3) is 5.91 Å². The van der Waals surface area contributed by atoms with Crippen molar-refractivity contribution in [2.24, 2.45) is 0 Å². The smallest absolute Gasteiger partial charge is 0.338 e. The van der Waals surface area contributed by atoms with Crippen molar-refractivity contribution in [2.75, 3.05) is 13.6 Å². The third-order valence-corrected chi connectivity index (χ3v) is 5.05. The first-order valence-corrected chi connectivity index (χ1v) is 9.90. The Morgan fingerprint density at radius 1 is 1.17 bits per heavy atom. The van der Waals surface area contributed by atoms with Gasteiger partial charge in [0.15, 0.2) is 6.10 Å². The van der Waals surface area contributed by atoms with Gasteiger partial charge in [-0.25, -0.2) is 9.18 Å². The second-order valence-corrected chi connectivity index (χ2v) is 7.49. The van der Waals surface area contributed by atoms with Gasteiger partial charge in [-0.15, -0.1) is 0 Å². The molecule has 1 atom stereocenters. The predicted octanol–water partition coefficient (Wildman–Crippen LogP) is 3.15. The van der Waals surface area contributed by atoms with Crippen LogP contribution < -0.4 is 0 Å². The number of benzene rings is 2. The zero-order chi connectivity index (χ0) is 21.7. The Morgan fingerprint density at radius 3 is 2.53 bits per heavy atom. The number of esters is 1. The monoisotopic (exact) mass is 412 g/mol. The minimum atomic E-state index is -0.974. The van der Waals surface area contributed by atoms with E-state index in [-0.39, 0.29) is 24.2 Å². The van der Waals surface area contributed by atoms with Crippen LogP contribution >= 0.6 is 0 Å². The minimum Gasteiger partial charge on any atom is -0.449 e. The Labute approximate surface area is 175 Å². The topological polar surface area (TPSA) is 66.9 Å². The highest BCUT2D eigenvalue weighted by atomic mass is 19.1. The maximum atomic E-state index is 13.3. The lowest BCUT2D eigenvalue weighted by atomic mass is 10.1. The summed E-state index contributed by atoms with van der Waals surface area (Å²) in [6.45, 7) is 3.00. The number of likely N-dealkylation sites (N-methyl/N-ethyl adjacent to an activating group) is 1. The molecule has 0 spiro atoms. The van der Waals surface area contributed by atoms with E-state index in [1.165, 1.54) is 24.0 Å². The first-order chi connectivity index (χ1) is 14.3. The molecule has 30 heavy (non-hydrogen) atoms. The van der Waals surface area contributed by atoms with Crippen molar-refractivity contribution < 1.29 is 23.5 Å². The Hall–Kier alpha value is -3.22. The summed E-state index contributed by atoms with van der Waals surface area (Å²) in [4.78, 5) is 39.8. The Balaban J connectivity index is 1.53. The van der Waals surface area contributed by atoms with Crippen LogP contribution in [0.1, 0.15) is 41.3 Å². The quantitative estimate of drug-likeness (QED) is 0.656. The van der Waals surface area contributed by atoms with E-state index < -0.39 is 12.1 Å². The van der Waals surface area contributed by atoms with E-state index in [4.69, 9.17) is 4.74 Å². The molecule has 2 aromatic rings. The number of carbonyl (C=O) groups is 3. The Bertz CT molecular complexity index is 929. The molecule has 2 aromatic carbocycles. The molecule has 0 bridgehead atoms. The van der Waals surface area contributed by atoms with Gasteiger partial charge in [0.05, 0.1) is 5.56 Å². The number of carbonyl (C=O) groups excluding carboxylic acids is 3. The van der Waals surface area contributed by atoms with Gasteiger partial charge >= 0.3 is 5.97 Å². The number of hydrogen-bond donors (Lipinski definition) is 0. The number of rotatable bonds is 7. The molecule has 1 saturated heterocycles. The molecule has 1 fully saturated rings. The van der Waals surface area contributed by atoms with Crippen molar-refractivity contribution in [3.8, 4) is 0 Å². The molecular weight excluding hydrogens is 387 g/mol. The van der Waals surface area contributed by atoms with Crippen LogP contribution in [0.5, 0.6) is 0 Å². The lowest BCUT2D eigenvalue weighted by Crippen LogP contribution is -2.37. The van der Waals surface area contributed by atoms with Crippen molar-refractivity contribution in [3.05, 3.63) is 71.0 Å². The highest BCUT2D eigenvalue weighted by molar-refractivity contribution is 5.92. The minimum absolute atomic E-state index is 0.146. The average molecular weight is 412 g/mol. The van der Waals surface area contributed by atoms with E-state index >= 15 is 0 Å². The van der Waals surface area contributed by atoms with E-state index in [0.717, 1.165) is 18.5 Å². The Morgan fingerprint density at radius 2 is 1.90 bits per heavy atom. The van der Waals surface area contributed by atoms with Gasteiger partial charge in [0, 0.05) is 33.1 Å². The van der Waals surface area contributed by atoms with Crippen molar-refractivity contribution in [1.82, 2.24) is 9.80 Å². The summed E-state index contributed by atoms with van der Waals surface area (Å²) in [5, 5.41) is 0. The molecule has 158 valence electrons. The zero-order valence-electron chi connectivity index (χ0n) is 17.1. The van der Waals surface area contributed by atoms with E-state index in [1.54, 1.807) is 48.3 Å². The van der Waals surface area contributed by atoms with Crippen LogP contribution in [-0.2, 0) is 27.4 Å². The van der Waals surface area contributed by atoms with Gasteiger partial charge in [0.2, 0.25) is 5.91 Å². The van der Waals surface area contributed by atoms with Crippen molar-refractivity contribution in [2.45, 2.75) is 39.0 Å². The summed E-state index contributed by atoms with van der Waals surface area (Å²) in [5.41, 5.74) is 1.91. The van der Waals surface area contributed by atoms with E-state index in [1.807, 2.05) is 0 Å². The third-order valence-electron chi connectivity index (χ3n) is 5.05. The highest BCUT2D eigenvalue weighted by Gasteiger charge is 2.23. The SMILES string of the molecule is CC(OC(=O)c1ccc(CN2CCCC2=O)cc1)C(=O)N(C)Cc1cccc(F)c1. The number of amides is 2. The highest BCUT2D eigenvalue weighted by Crippen LogP contribution is 2.16. The van der Waals surface area contributed by atoms with Gasteiger partial charge in [0.1, 0.15) is 5.82 Å². The molecule has 0 saturated carbocycles. The van der Waals surface area contributed by atoms with Crippen LogP contribution in [0.4, 0.5) is 4.39 Å². The predicted molar refractivity (Wildman–Crippen MR) is 109 cm³/mol. The molecule has 6 nitrogen and oxygen atoms in total. The van der Waals surface area contributed by atoms with Crippen molar-refractivity contribution in [3.63, 3.8) is 0 Å².